The van der Waals surface area contributed by atoms with Crippen molar-refractivity contribution in [1.29, 1.82) is 5.26 Å². The number of H-pyrrole nitrogens is 1. The van der Waals surface area contributed by atoms with Crippen molar-refractivity contribution in [2.75, 3.05) is 25.0 Å². The Morgan fingerprint density at radius 3 is 2.75 bits per heavy atom. The lowest BCUT2D eigenvalue weighted by atomic mass is 9.98. The molecule has 2 N–H and O–H groups in total. The highest BCUT2D eigenvalue weighted by molar-refractivity contribution is 5.74. The zero-order valence-electron chi connectivity index (χ0n) is 18.3. The zero-order valence-corrected chi connectivity index (χ0v) is 18.3. The molecule has 1 fully saturated rings. The number of hydrogen-bond donors (Lipinski definition) is 2. The van der Waals surface area contributed by atoms with Crippen molar-refractivity contribution < 1.29 is 18.7 Å². The number of nitrogens with one attached hydrogen (secondary N) is 2. The Morgan fingerprint density at radius 1 is 1.41 bits per heavy atom. The molecule has 1 aromatic heterocycles. The number of anilines is 1. The first-order chi connectivity index (χ1) is 15.2. The fourth-order valence-corrected chi connectivity index (χ4v) is 3.10. The van der Waals surface area contributed by atoms with Crippen LogP contribution in [0.4, 0.5) is 14.9 Å². The molecule has 1 amide bonds. The van der Waals surface area contributed by atoms with Crippen LogP contribution in [-0.2, 0) is 4.74 Å². The monoisotopic (exact) mass is 443 g/mol. The zero-order chi connectivity index (χ0) is 23.1. The highest BCUT2D eigenvalue weighted by Gasteiger charge is 2.27. The molecule has 0 atom stereocenters. The molecule has 32 heavy (non-hydrogen) atoms. The molecule has 1 aliphatic heterocycles. The van der Waals surface area contributed by atoms with E-state index < -0.39 is 11.4 Å². The second-order valence-electron chi connectivity index (χ2n) is 8.42. The highest BCUT2D eigenvalue weighted by atomic mass is 19.1. The number of aromatic nitrogens is 4. The predicted octanol–water partition coefficient (Wildman–Crippen LogP) is 3.34. The van der Waals surface area contributed by atoms with Gasteiger partial charge >= 0.3 is 6.09 Å². The number of nitrogens with zero attached hydrogens (tertiary/aromatic N) is 5. The van der Waals surface area contributed by atoms with E-state index in [0.29, 0.717) is 25.4 Å². The smallest absolute Gasteiger partial charge is 0.410 e. The Morgan fingerprint density at radius 2 is 2.16 bits per heavy atom. The molecule has 2 aromatic rings. The van der Waals surface area contributed by atoms with E-state index in [2.05, 4.69) is 25.9 Å². The number of halogens is 1. The van der Waals surface area contributed by atoms with E-state index in [1.165, 1.54) is 18.3 Å². The minimum absolute atomic E-state index is 0.137. The molecule has 0 spiro atoms. The van der Waals surface area contributed by atoms with Crippen molar-refractivity contribution in [3.8, 4) is 11.8 Å². The number of aromatic amines is 1. The molecular weight excluding hydrogens is 417 g/mol. The van der Waals surface area contributed by atoms with E-state index in [4.69, 9.17) is 14.7 Å². The molecule has 11 heteroatoms. The Labute approximate surface area is 185 Å². The highest BCUT2D eigenvalue weighted by Crippen LogP contribution is 2.25. The number of tetrazole rings is 1. The minimum atomic E-state index is -0.521. The van der Waals surface area contributed by atoms with E-state index in [-0.39, 0.29) is 29.2 Å². The number of ether oxygens (including phenoxy) is 2. The summed E-state index contributed by atoms with van der Waals surface area (Å²) < 4.78 is 25.5. The van der Waals surface area contributed by atoms with Crippen molar-refractivity contribution in [3.63, 3.8) is 0 Å². The Bertz CT molecular complexity index is 988. The molecule has 0 unspecified atom stereocenters. The summed E-state index contributed by atoms with van der Waals surface area (Å²) in [5.74, 6) is -0.0134. The Balaban J connectivity index is 1.48. The average Bonchev–Trinajstić information content (AvgIpc) is 3.27. The Hall–Kier alpha value is -3.68. The van der Waals surface area contributed by atoms with Gasteiger partial charge in [0.15, 0.2) is 11.6 Å². The number of carbonyl (C=O) groups is 1. The van der Waals surface area contributed by atoms with Crippen molar-refractivity contribution >= 4 is 17.4 Å². The van der Waals surface area contributed by atoms with Crippen LogP contribution in [-0.4, -0.2) is 56.9 Å². The fourth-order valence-electron chi connectivity index (χ4n) is 3.10. The number of likely N-dealkylation sites (tertiary alicyclic amines) is 1. The standard InChI is InChI=1S/C21H26FN7O3/c1-21(2,3)32-20(30)29-8-6-14(7-9-29)13-31-18-5-4-16(10-17(18)22)24-12-15(11-23)19-25-27-28-26-19/h4-5,10,12,14,24H,6-9,13H2,1-3H3,(H,25,26,27,28). The quantitative estimate of drug-likeness (QED) is 0.651. The second kappa shape index (κ2) is 10.1. The van der Waals surface area contributed by atoms with E-state index >= 15 is 0 Å². The van der Waals surface area contributed by atoms with Crippen molar-refractivity contribution in [1.82, 2.24) is 25.5 Å². The number of allylic oxidation sites excluding steroid dienone is 1. The number of hydrogen-bond acceptors (Lipinski definition) is 8. The Kier molecular flexibility index (Phi) is 7.25. The van der Waals surface area contributed by atoms with Gasteiger partial charge in [-0.3, -0.25) is 0 Å². The van der Waals surface area contributed by atoms with Crippen LogP contribution in [0.2, 0.25) is 0 Å². The van der Waals surface area contributed by atoms with Crippen LogP contribution < -0.4 is 10.1 Å². The summed E-state index contributed by atoms with van der Waals surface area (Å²) in [6.07, 6.45) is 2.59. The fraction of sp³-hybridized carbons (Fsp3) is 0.476. The molecule has 1 saturated heterocycles. The van der Waals surface area contributed by atoms with Gasteiger partial charge in [0, 0.05) is 31.0 Å². The molecule has 1 aliphatic rings. The van der Waals surface area contributed by atoms with Gasteiger partial charge in [-0.15, -0.1) is 10.2 Å². The van der Waals surface area contributed by atoms with E-state index in [0.717, 1.165) is 12.8 Å². The van der Waals surface area contributed by atoms with Gasteiger partial charge in [0.25, 0.3) is 0 Å². The van der Waals surface area contributed by atoms with E-state index in [1.807, 2.05) is 26.8 Å². The molecule has 1 aromatic carbocycles. The van der Waals surface area contributed by atoms with Gasteiger partial charge in [0.2, 0.25) is 5.82 Å². The third-order valence-corrected chi connectivity index (χ3v) is 4.76. The number of amides is 1. The van der Waals surface area contributed by atoms with Crippen molar-refractivity contribution in [3.05, 3.63) is 36.0 Å². The van der Waals surface area contributed by atoms with Gasteiger partial charge in [-0.2, -0.15) is 10.5 Å². The van der Waals surface area contributed by atoms with Gasteiger partial charge < -0.3 is 19.7 Å². The van der Waals surface area contributed by atoms with Crippen LogP contribution in [0, 0.1) is 23.1 Å². The van der Waals surface area contributed by atoms with Crippen LogP contribution in [0.25, 0.3) is 5.57 Å². The van der Waals surface area contributed by atoms with Crippen LogP contribution in [0.15, 0.2) is 24.4 Å². The van der Waals surface area contributed by atoms with Crippen LogP contribution >= 0.6 is 0 Å². The van der Waals surface area contributed by atoms with E-state index in [9.17, 15) is 9.18 Å². The SMILES string of the molecule is CC(C)(C)OC(=O)N1CCC(COc2ccc(NC=C(C#N)c3nn[nH]n3)cc2F)CC1. The largest absolute Gasteiger partial charge is 0.490 e. The maximum absolute atomic E-state index is 14.4. The molecular formula is C21H26FN7O3. The number of rotatable bonds is 6. The van der Waals surface area contributed by atoms with E-state index in [1.54, 1.807) is 11.0 Å². The molecule has 0 aliphatic carbocycles. The molecule has 3 rings (SSSR count). The first-order valence-electron chi connectivity index (χ1n) is 10.3. The average molecular weight is 443 g/mol. The summed E-state index contributed by atoms with van der Waals surface area (Å²) in [6, 6.07) is 6.39. The third-order valence-electron chi connectivity index (χ3n) is 4.76. The van der Waals surface area contributed by atoms with Crippen LogP contribution in [0.5, 0.6) is 5.75 Å². The van der Waals surface area contributed by atoms with Gasteiger partial charge in [-0.25, -0.2) is 9.18 Å². The molecule has 0 saturated carbocycles. The summed E-state index contributed by atoms with van der Waals surface area (Å²) in [4.78, 5) is 13.8. The van der Waals surface area contributed by atoms with Gasteiger partial charge in [-0.05, 0) is 56.9 Å². The topological polar surface area (TPSA) is 129 Å². The molecule has 10 nitrogen and oxygen atoms in total. The molecule has 2 heterocycles. The lowest BCUT2D eigenvalue weighted by Gasteiger charge is -2.33. The molecule has 0 radical (unpaired) electrons. The van der Waals surface area contributed by atoms with Gasteiger partial charge in [0.1, 0.15) is 17.2 Å². The lowest BCUT2D eigenvalue weighted by Crippen LogP contribution is -2.42. The maximum atomic E-state index is 14.4. The first-order valence-corrected chi connectivity index (χ1v) is 10.3. The van der Waals surface area contributed by atoms with Crippen LogP contribution in [0.3, 0.4) is 0 Å². The lowest BCUT2D eigenvalue weighted by molar-refractivity contribution is 0.0164. The van der Waals surface area contributed by atoms with Gasteiger partial charge in [0.05, 0.1) is 6.61 Å². The number of piperidine rings is 1. The number of nitriles is 1. The minimum Gasteiger partial charge on any atom is -0.490 e. The predicted molar refractivity (Wildman–Crippen MR) is 114 cm³/mol. The van der Waals surface area contributed by atoms with Crippen molar-refractivity contribution in [2.45, 2.75) is 39.2 Å². The number of carbonyl (C=O) groups excluding carboxylic acids is 1. The molecule has 0 bridgehead atoms. The summed E-state index contributed by atoms with van der Waals surface area (Å²) in [7, 11) is 0. The summed E-state index contributed by atoms with van der Waals surface area (Å²) in [5, 5.41) is 25.1. The first kappa shape index (κ1) is 23.0. The molecule has 170 valence electrons. The summed E-state index contributed by atoms with van der Waals surface area (Å²) >= 11 is 0. The summed E-state index contributed by atoms with van der Waals surface area (Å²) in [6.45, 7) is 7.06. The third kappa shape index (κ3) is 6.41. The second-order valence-corrected chi connectivity index (χ2v) is 8.42. The van der Waals surface area contributed by atoms with Gasteiger partial charge in [-0.1, -0.05) is 0 Å². The summed E-state index contributed by atoms with van der Waals surface area (Å²) in [5.41, 5.74) is 0.0724. The van der Waals surface area contributed by atoms with Crippen LogP contribution in [0.1, 0.15) is 39.4 Å². The number of benzene rings is 1. The van der Waals surface area contributed by atoms with Crippen molar-refractivity contribution in [2.24, 2.45) is 5.92 Å². The maximum Gasteiger partial charge on any atom is 0.410 e. The normalized spacial score (nSPS) is 15.2.